The van der Waals surface area contributed by atoms with E-state index in [0.717, 1.165) is 19.6 Å². The van der Waals surface area contributed by atoms with Gasteiger partial charge in [0.05, 0.1) is 0 Å². The lowest BCUT2D eigenvalue weighted by Crippen LogP contribution is -2.52. The molecule has 0 aliphatic carbocycles. The highest BCUT2D eigenvalue weighted by molar-refractivity contribution is 7.08. The van der Waals surface area contributed by atoms with Gasteiger partial charge in [-0.15, -0.1) is 0 Å². The van der Waals surface area contributed by atoms with Gasteiger partial charge in [-0.1, -0.05) is 18.2 Å². The summed E-state index contributed by atoms with van der Waals surface area (Å²) in [5, 5.41) is 6.68. The fourth-order valence-electron chi connectivity index (χ4n) is 3.03. The number of ether oxygens (including phenoxy) is 1. The van der Waals surface area contributed by atoms with Gasteiger partial charge in [0.1, 0.15) is 5.75 Å². The van der Waals surface area contributed by atoms with Crippen LogP contribution in [0.15, 0.2) is 47.2 Å². The molecule has 7 heteroatoms. The molecule has 0 saturated carbocycles. The SMILES string of the molecule is CC(Oc1ccccc1)C(=O)N1CCN(CCNC(=O)c2ccsc2)CC1. The molecular formula is C20H25N3O3S. The monoisotopic (exact) mass is 387 g/mol. The highest BCUT2D eigenvalue weighted by Gasteiger charge is 2.25. The number of hydrogen-bond acceptors (Lipinski definition) is 5. The molecule has 27 heavy (non-hydrogen) atoms. The minimum absolute atomic E-state index is 0.0178. The lowest BCUT2D eigenvalue weighted by atomic mass is 10.2. The van der Waals surface area contributed by atoms with Crippen LogP contribution in [-0.2, 0) is 4.79 Å². The van der Waals surface area contributed by atoms with Gasteiger partial charge < -0.3 is 15.0 Å². The van der Waals surface area contributed by atoms with Gasteiger partial charge in [0, 0.05) is 50.2 Å². The molecule has 1 aromatic heterocycles. The van der Waals surface area contributed by atoms with Gasteiger partial charge >= 0.3 is 0 Å². The maximum absolute atomic E-state index is 12.6. The summed E-state index contributed by atoms with van der Waals surface area (Å²) in [6.45, 7) is 6.15. The summed E-state index contributed by atoms with van der Waals surface area (Å²) < 4.78 is 5.73. The van der Waals surface area contributed by atoms with Crippen LogP contribution in [-0.4, -0.2) is 67.0 Å². The second-order valence-electron chi connectivity index (χ2n) is 6.51. The zero-order chi connectivity index (χ0) is 19.1. The van der Waals surface area contributed by atoms with Crippen molar-refractivity contribution in [3.8, 4) is 5.75 Å². The van der Waals surface area contributed by atoms with E-state index in [1.807, 2.05) is 52.1 Å². The lowest BCUT2D eigenvalue weighted by molar-refractivity contribution is -0.139. The molecule has 144 valence electrons. The van der Waals surface area contributed by atoms with Crippen LogP contribution < -0.4 is 10.1 Å². The predicted molar refractivity (Wildman–Crippen MR) is 106 cm³/mol. The molecular weight excluding hydrogens is 362 g/mol. The maximum atomic E-state index is 12.6. The van der Waals surface area contributed by atoms with Crippen molar-refractivity contribution in [1.82, 2.24) is 15.1 Å². The number of hydrogen-bond donors (Lipinski definition) is 1. The highest BCUT2D eigenvalue weighted by atomic mass is 32.1. The van der Waals surface area contributed by atoms with E-state index >= 15 is 0 Å². The van der Waals surface area contributed by atoms with E-state index < -0.39 is 6.10 Å². The molecule has 0 radical (unpaired) electrons. The van der Waals surface area contributed by atoms with Gasteiger partial charge in [0.2, 0.25) is 0 Å². The standard InChI is InChI=1S/C20H25N3O3S/c1-16(26-18-5-3-2-4-6-18)20(25)23-12-10-22(11-13-23)9-8-21-19(24)17-7-14-27-15-17/h2-7,14-16H,8-13H2,1H3,(H,21,24). The fourth-order valence-corrected chi connectivity index (χ4v) is 3.66. The third kappa shape index (κ3) is 5.55. The number of amides is 2. The van der Waals surface area contributed by atoms with Crippen LogP contribution >= 0.6 is 11.3 Å². The van der Waals surface area contributed by atoms with Crippen molar-refractivity contribution < 1.29 is 14.3 Å². The van der Waals surface area contributed by atoms with Gasteiger partial charge in [-0.2, -0.15) is 11.3 Å². The molecule has 1 aliphatic rings. The third-order valence-electron chi connectivity index (χ3n) is 4.58. The summed E-state index contributed by atoms with van der Waals surface area (Å²) in [5.74, 6) is 0.694. The van der Waals surface area contributed by atoms with Crippen molar-refractivity contribution in [2.24, 2.45) is 0 Å². The summed E-state index contributed by atoms with van der Waals surface area (Å²) in [7, 11) is 0. The van der Waals surface area contributed by atoms with E-state index in [9.17, 15) is 9.59 Å². The number of para-hydroxylation sites is 1. The van der Waals surface area contributed by atoms with Crippen LogP contribution in [0.5, 0.6) is 5.75 Å². The van der Waals surface area contributed by atoms with E-state index in [4.69, 9.17) is 4.74 Å². The predicted octanol–water partition coefficient (Wildman–Crippen LogP) is 2.09. The molecule has 2 aromatic rings. The highest BCUT2D eigenvalue weighted by Crippen LogP contribution is 2.13. The first-order chi connectivity index (χ1) is 13.1. The van der Waals surface area contributed by atoms with Crippen molar-refractivity contribution >= 4 is 23.2 Å². The van der Waals surface area contributed by atoms with E-state index in [1.54, 1.807) is 6.92 Å². The molecule has 1 aliphatic heterocycles. The maximum Gasteiger partial charge on any atom is 0.263 e. The van der Waals surface area contributed by atoms with Gasteiger partial charge in [0.25, 0.3) is 11.8 Å². The molecule has 0 spiro atoms. The van der Waals surface area contributed by atoms with Gasteiger partial charge in [-0.05, 0) is 30.5 Å². The average Bonchev–Trinajstić information content (AvgIpc) is 3.23. The number of thiophene rings is 1. The number of piperazine rings is 1. The Morgan fingerprint density at radius 1 is 1.15 bits per heavy atom. The third-order valence-corrected chi connectivity index (χ3v) is 5.27. The molecule has 1 atom stereocenters. The molecule has 6 nitrogen and oxygen atoms in total. The molecule has 1 N–H and O–H groups in total. The Morgan fingerprint density at radius 3 is 2.56 bits per heavy atom. The topological polar surface area (TPSA) is 61.9 Å². The minimum atomic E-state index is -0.496. The fraction of sp³-hybridized carbons (Fsp3) is 0.400. The largest absolute Gasteiger partial charge is 0.481 e. The van der Waals surface area contributed by atoms with Crippen molar-refractivity contribution in [2.75, 3.05) is 39.3 Å². The molecule has 2 amide bonds. The minimum Gasteiger partial charge on any atom is -0.481 e. The van der Waals surface area contributed by atoms with Crippen LogP contribution in [0.25, 0.3) is 0 Å². The second kappa shape index (κ2) is 9.53. The Balaban J connectivity index is 1.36. The van der Waals surface area contributed by atoms with Crippen molar-refractivity contribution in [1.29, 1.82) is 0 Å². The van der Waals surface area contributed by atoms with Gasteiger partial charge in [-0.25, -0.2) is 0 Å². The Morgan fingerprint density at radius 2 is 1.89 bits per heavy atom. The van der Waals surface area contributed by atoms with E-state index in [2.05, 4.69) is 10.2 Å². The van der Waals surface area contributed by atoms with Crippen molar-refractivity contribution in [3.05, 3.63) is 52.7 Å². The Labute approximate surface area is 163 Å². The molecule has 2 heterocycles. The molecule has 3 rings (SSSR count). The van der Waals surface area contributed by atoms with E-state index in [-0.39, 0.29) is 11.8 Å². The van der Waals surface area contributed by atoms with Crippen LogP contribution in [0.1, 0.15) is 17.3 Å². The molecule has 1 unspecified atom stereocenters. The summed E-state index contributed by atoms with van der Waals surface area (Å²) >= 11 is 1.52. The summed E-state index contributed by atoms with van der Waals surface area (Å²) in [5.41, 5.74) is 0.711. The number of carbonyl (C=O) groups excluding carboxylic acids is 2. The lowest BCUT2D eigenvalue weighted by Gasteiger charge is -2.35. The average molecular weight is 388 g/mol. The number of nitrogens with one attached hydrogen (secondary N) is 1. The van der Waals surface area contributed by atoms with Crippen LogP contribution in [0, 0.1) is 0 Å². The molecule has 1 fully saturated rings. The first-order valence-electron chi connectivity index (χ1n) is 9.17. The summed E-state index contributed by atoms with van der Waals surface area (Å²) in [4.78, 5) is 28.6. The normalized spacial score (nSPS) is 16.0. The zero-order valence-electron chi connectivity index (χ0n) is 15.5. The van der Waals surface area contributed by atoms with Gasteiger partial charge in [0.15, 0.2) is 6.10 Å². The smallest absolute Gasteiger partial charge is 0.263 e. The zero-order valence-corrected chi connectivity index (χ0v) is 16.3. The quantitative estimate of drug-likeness (QED) is 0.790. The van der Waals surface area contributed by atoms with E-state index in [0.29, 0.717) is 30.9 Å². The Hall–Kier alpha value is -2.38. The first kappa shape index (κ1) is 19.4. The number of rotatable bonds is 7. The summed E-state index contributed by atoms with van der Waals surface area (Å²) in [6.07, 6.45) is -0.496. The summed E-state index contributed by atoms with van der Waals surface area (Å²) in [6, 6.07) is 11.2. The Kier molecular flexibility index (Phi) is 6.84. The van der Waals surface area contributed by atoms with Crippen LogP contribution in [0.3, 0.4) is 0 Å². The molecule has 0 bridgehead atoms. The van der Waals surface area contributed by atoms with Crippen molar-refractivity contribution in [3.63, 3.8) is 0 Å². The number of nitrogens with zero attached hydrogens (tertiary/aromatic N) is 2. The Bertz CT molecular complexity index is 728. The second-order valence-corrected chi connectivity index (χ2v) is 7.29. The van der Waals surface area contributed by atoms with Crippen LogP contribution in [0.4, 0.5) is 0 Å². The molecule has 1 saturated heterocycles. The van der Waals surface area contributed by atoms with Gasteiger partial charge in [-0.3, -0.25) is 14.5 Å². The number of benzene rings is 1. The van der Waals surface area contributed by atoms with E-state index in [1.165, 1.54) is 11.3 Å². The first-order valence-corrected chi connectivity index (χ1v) is 10.1. The number of carbonyl (C=O) groups is 2. The van der Waals surface area contributed by atoms with Crippen LogP contribution in [0.2, 0.25) is 0 Å². The molecule has 1 aromatic carbocycles. The van der Waals surface area contributed by atoms with Crippen molar-refractivity contribution in [2.45, 2.75) is 13.0 Å².